The van der Waals surface area contributed by atoms with Crippen LogP contribution in [-0.4, -0.2) is 31.0 Å². The van der Waals surface area contributed by atoms with Gasteiger partial charge in [-0.25, -0.2) is 4.79 Å². The van der Waals surface area contributed by atoms with Crippen molar-refractivity contribution < 1.29 is 24.1 Å². The summed E-state index contributed by atoms with van der Waals surface area (Å²) in [5.74, 6) is 0.787. The molecule has 0 fully saturated rings. The highest BCUT2D eigenvalue weighted by atomic mass is 16.6. The molecule has 1 aromatic carbocycles. The van der Waals surface area contributed by atoms with Gasteiger partial charge in [-0.15, -0.1) is 0 Å². The fourth-order valence-corrected chi connectivity index (χ4v) is 1.73. The Bertz CT molecular complexity index is 506. The van der Waals surface area contributed by atoms with E-state index < -0.39 is 17.8 Å². The zero-order valence-corrected chi connectivity index (χ0v) is 13.3. The van der Waals surface area contributed by atoms with E-state index >= 15 is 0 Å². The van der Waals surface area contributed by atoms with E-state index in [0.717, 1.165) is 0 Å². The Balaban J connectivity index is 3.14. The summed E-state index contributed by atoms with van der Waals surface area (Å²) < 4.78 is 15.7. The van der Waals surface area contributed by atoms with Crippen molar-refractivity contribution in [1.29, 1.82) is 0 Å². The third-order valence-electron chi connectivity index (χ3n) is 2.62. The zero-order chi connectivity index (χ0) is 16.2. The van der Waals surface area contributed by atoms with Gasteiger partial charge in [0.2, 0.25) is 0 Å². The third-order valence-corrected chi connectivity index (χ3v) is 2.62. The first-order valence-electron chi connectivity index (χ1n) is 6.62. The fraction of sp³-hybridized carbons (Fsp3) is 0.533. The lowest BCUT2D eigenvalue weighted by molar-refractivity contribution is 0.0635. The van der Waals surface area contributed by atoms with Gasteiger partial charge in [-0.1, -0.05) is 0 Å². The molecule has 1 amide bonds. The summed E-state index contributed by atoms with van der Waals surface area (Å²) >= 11 is 0. The minimum atomic E-state index is -0.705. The maximum atomic E-state index is 11.9. The first kappa shape index (κ1) is 17.1. The summed E-state index contributed by atoms with van der Waals surface area (Å²) in [6.07, 6.45) is -1.31. The second-order valence-corrected chi connectivity index (χ2v) is 5.61. The van der Waals surface area contributed by atoms with Crippen LogP contribution >= 0.6 is 0 Å². The van der Waals surface area contributed by atoms with Crippen LogP contribution in [0.5, 0.6) is 11.5 Å². The number of hydrogen-bond acceptors (Lipinski definition) is 5. The Morgan fingerprint density at radius 2 is 1.86 bits per heavy atom. The largest absolute Gasteiger partial charge is 0.493 e. The molecule has 6 nitrogen and oxygen atoms in total. The molecule has 21 heavy (non-hydrogen) atoms. The molecule has 0 aliphatic heterocycles. The van der Waals surface area contributed by atoms with E-state index in [4.69, 9.17) is 14.2 Å². The lowest BCUT2D eigenvalue weighted by Gasteiger charge is -2.21. The van der Waals surface area contributed by atoms with Gasteiger partial charge >= 0.3 is 6.09 Å². The molecule has 0 aliphatic rings. The molecule has 1 aromatic rings. The van der Waals surface area contributed by atoms with E-state index in [2.05, 4.69) is 5.32 Å². The molecule has 0 saturated carbocycles. The van der Waals surface area contributed by atoms with Crippen molar-refractivity contribution in [3.05, 3.63) is 17.7 Å². The lowest BCUT2D eigenvalue weighted by atomic mass is 10.1. The fourth-order valence-electron chi connectivity index (χ4n) is 1.73. The molecular formula is C15H23NO5. The van der Waals surface area contributed by atoms with Gasteiger partial charge in [0.05, 0.1) is 26.0 Å². The summed E-state index contributed by atoms with van der Waals surface area (Å²) in [5, 5.41) is 12.3. The van der Waals surface area contributed by atoms with Gasteiger partial charge in [-0.05, 0) is 45.4 Å². The maximum absolute atomic E-state index is 11.9. The summed E-state index contributed by atoms with van der Waals surface area (Å²) in [6.45, 7) is 6.95. The minimum Gasteiger partial charge on any atom is -0.493 e. The molecular weight excluding hydrogens is 274 g/mol. The van der Waals surface area contributed by atoms with Gasteiger partial charge < -0.3 is 19.3 Å². The van der Waals surface area contributed by atoms with E-state index in [0.29, 0.717) is 22.7 Å². The normalized spacial score (nSPS) is 12.5. The van der Waals surface area contributed by atoms with Crippen LogP contribution in [0.1, 0.15) is 39.4 Å². The van der Waals surface area contributed by atoms with Crippen LogP contribution in [0.2, 0.25) is 0 Å². The predicted octanol–water partition coefficient (Wildman–Crippen LogP) is 3.10. The van der Waals surface area contributed by atoms with Gasteiger partial charge in [0.15, 0.2) is 11.5 Å². The van der Waals surface area contributed by atoms with E-state index in [1.54, 1.807) is 39.8 Å². The van der Waals surface area contributed by atoms with Crippen LogP contribution in [0, 0.1) is 0 Å². The average molecular weight is 297 g/mol. The van der Waals surface area contributed by atoms with Crippen molar-refractivity contribution in [2.75, 3.05) is 19.5 Å². The van der Waals surface area contributed by atoms with Crippen molar-refractivity contribution in [1.82, 2.24) is 0 Å². The molecule has 1 atom stereocenters. The molecule has 0 radical (unpaired) electrons. The Hall–Kier alpha value is -1.95. The van der Waals surface area contributed by atoms with Crippen LogP contribution in [0.3, 0.4) is 0 Å². The van der Waals surface area contributed by atoms with Crippen molar-refractivity contribution >= 4 is 11.8 Å². The third kappa shape index (κ3) is 4.82. The number of carbonyl (C=O) groups excluding carboxylic acids is 1. The van der Waals surface area contributed by atoms with Gasteiger partial charge in [0, 0.05) is 0 Å². The van der Waals surface area contributed by atoms with Crippen molar-refractivity contribution in [2.45, 2.75) is 39.4 Å². The SMILES string of the molecule is COc1cc([C@@H](C)O)cc(NC(=O)OC(C)(C)C)c1OC. The molecule has 0 saturated heterocycles. The molecule has 2 N–H and O–H groups in total. The van der Waals surface area contributed by atoms with Crippen molar-refractivity contribution in [3.63, 3.8) is 0 Å². The zero-order valence-electron chi connectivity index (χ0n) is 13.3. The molecule has 6 heteroatoms. The second kappa shape index (κ2) is 6.67. The number of hydrogen-bond donors (Lipinski definition) is 2. The van der Waals surface area contributed by atoms with Gasteiger partial charge in [0.25, 0.3) is 0 Å². The number of aliphatic hydroxyl groups excluding tert-OH is 1. The Morgan fingerprint density at radius 1 is 1.24 bits per heavy atom. The predicted molar refractivity (Wildman–Crippen MR) is 80.0 cm³/mol. The topological polar surface area (TPSA) is 77.0 Å². The molecule has 0 spiro atoms. The number of methoxy groups -OCH3 is 2. The average Bonchev–Trinajstić information content (AvgIpc) is 2.35. The van der Waals surface area contributed by atoms with Gasteiger partial charge in [0.1, 0.15) is 5.60 Å². The Morgan fingerprint density at radius 3 is 2.29 bits per heavy atom. The summed E-state index contributed by atoms with van der Waals surface area (Å²) in [4.78, 5) is 11.9. The van der Waals surface area contributed by atoms with Crippen molar-refractivity contribution in [3.8, 4) is 11.5 Å². The molecule has 0 unspecified atom stereocenters. The monoisotopic (exact) mass is 297 g/mol. The molecule has 118 valence electrons. The lowest BCUT2D eigenvalue weighted by Crippen LogP contribution is -2.27. The summed E-state index contributed by atoms with van der Waals surface area (Å²) in [6, 6.07) is 3.28. The number of carbonyl (C=O) groups is 1. The number of aliphatic hydroxyl groups is 1. The van der Waals surface area contributed by atoms with Crippen LogP contribution < -0.4 is 14.8 Å². The van der Waals surface area contributed by atoms with E-state index in [9.17, 15) is 9.90 Å². The van der Waals surface area contributed by atoms with Crippen LogP contribution in [0.25, 0.3) is 0 Å². The quantitative estimate of drug-likeness (QED) is 0.893. The van der Waals surface area contributed by atoms with E-state index in [-0.39, 0.29) is 0 Å². The number of amides is 1. The van der Waals surface area contributed by atoms with Crippen LogP contribution in [0.15, 0.2) is 12.1 Å². The molecule has 0 aliphatic carbocycles. The van der Waals surface area contributed by atoms with Crippen molar-refractivity contribution in [2.24, 2.45) is 0 Å². The summed E-state index contributed by atoms with van der Waals surface area (Å²) in [7, 11) is 2.96. The standard InChI is InChI=1S/C15H23NO5/c1-9(17)10-7-11(13(20-6)12(8-10)19-5)16-14(18)21-15(2,3)4/h7-9,17H,1-6H3,(H,16,18)/t9-/m1/s1. The second-order valence-electron chi connectivity index (χ2n) is 5.61. The van der Waals surface area contributed by atoms with E-state index in [1.165, 1.54) is 14.2 Å². The highest BCUT2D eigenvalue weighted by molar-refractivity contribution is 5.88. The minimum absolute atomic E-state index is 0.368. The molecule has 1 rings (SSSR count). The maximum Gasteiger partial charge on any atom is 0.412 e. The number of ether oxygens (including phenoxy) is 3. The highest BCUT2D eigenvalue weighted by Gasteiger charge is 2.20. The number of benzene rings is 1. The molecule has 0 bridgehead atoms. The smallest absolute Gasteiger partial charge is 0.412 e. The van der Waals surface area contributed by atoms with Gasteiger partial charge in [-0.3, -0.25) is 5.32 Å². The first-order chi connectivity index (χ1) is 9.67. The van der Waals surface area contributed by atoms with E-state index in [1.807, 2.05) is 0 Å². The summed E-state index contributed by atoms with van der Waals surface area (Å²) in [5.41, 5.74) is 0.365. The molecule has 0 heterocycles. The molecule has 0 aromatic heterocycles. The Kier molecular flexibility index (Phi) is 5.43. The number of rotatable bonds is 4. The van der Waals surface area contributed by atoms with Crippen LogP contribution in [0.4, 0.5) is 10.5 Å². The van der Waals surface area contributed by atoms with Gasteiger partial charge in [-0.2, -0.15) is 0 Å². The highest BCUT2D eigenvalue weighted by Crippen LogP contribution is 2.38. The first-order valence-corrected chi connectivity index (χ1v) is 6.62. The Labute approximate surface area is 125 Å². The number of nitrogens with one attached hydrogen (secondary N) is 1. The van der Waals surface area contributed by atoms with Crippen LogP contribution in [-0.2, 0) is 4.74 Å². The number of anilines is 1.